The molecule has 0 bridgehead atoms. The molecule has 0 spiro atoms. The van der Waals surface area contributed by atoms with Crippen molar-refractivity contribution in [1.82, 2.24) is 0 Å². The first-order valence-corrected chi connectivity index (χ1v) is 14.9. The zero-order valence-corrected chi connectivity index (χ0v) is 24.1. The summed E-state index contributed by atoms with van der Waals surface area (Å²) in [6.07, 6.45) is 23.6. The highest BCUT2D eigenvalue weighted by Crippen LogP contribution is 2.19. The van der Waals surface area contributed by atoms with Crippen molar-refractivity contribution >= 4 is 11.9 Å². The highest BCUT2D eigenvalue weighted by atomic mass is 16.5. The molecule has 0 aromatic carbocycles. The molecule has 2 atom stereocenters. The van der Waals surface area contributed by atoms with Gasteiger partial charge in [-0.1, -0.05) is 123 Å². The van der Waals surface area contributed by atoms with E-state index in [1.54, 1.807) is 0 Å². The summed E-state index contributed by atoms with van der Waals surface area (Å²) in [6, 6.07) is 0. The predicted molar refractivity (Wildman–Crippen MR) is 148 cm³/mol. The number of nitrogens with zero attached hydrogens (tertiary/aromatic N) is 1. The van der Waals surface area contributed by atoms with E-state index < -0.39 is 12.1 Å². The van der Waals surface area contributed by atoms with Gasteiger partial charge in [-0.15, -0.1) is 0 Å². The van der Waals surface area contributed by atoms with Crippen LogP contribution in [0.5, 0.6) is 0 Å². The Bertz CT molecular complexity index is 515. The molecular formula is C30H60NO4+. The Balaban J connectivity index is 3.60. The second-order valence-corrected chi connectivity index (χ2v) is 11.9. The highest BCUT2D eigenvalue weighted by molar-refractivity contribution is 5.71. The summed E-state index contributed by atoms with van der Waals surface area (Å²) in [5, 5.41) is 9.07. The van der Waals surface area contributed by atoms with E-state index >= 15 is 0 Å². The van der Waals surface area contributed by atoms with Gasteiger partial charge in [0.15, 0.2) is 6.10 Å². The summed E-state index contributed by atoms with van der Waals surface area (Å²) in [5.74, 6) is -0.419. The van der Waals surface area contributed by atoms with Crippen LogP contribution in [0.2, 0.25) is 0 Å². The number of quaternary nitrogens is 1. The number of carboxylic acid groups (broad SMARTS) is 1. The van der Waals surface area contributed by atoms with Gasteiger partial charge in [-0.2, -0.15) is 0 Å². The molecule has 208 valence electrons. The molecule has 1 N–H and O–H groups in total. The number of hydrogen-bond acceptors (Lipinski definition) is 3. The summed E-state index contributed by atoms with van der Waals surface area (Å²) in [7, 11) is 5.92. The zero-order valence-electron chi connectivity index (χ0n) is 24.1. The molecular weight excluding hydrogens is 438 g/mol. The van der Waals surface area contributed by atoms with Crippen LogP contribution < -0.4 is 0 Å². The van der Waals surface area contributed by atoms with Crippen LogP contribution in [0.25, 0.3) is 0 Å². The largest absolute Gasteiger partial charge is 0.481 e. The fourth-order valence-corrected chi connectivity index (χ4v) is 4.79. The molecule has 5 heteroatoms. The van der Waals surface area contributed by atoms with Crippen molar-refractivity contribution in [3.05, 3.63) is 0 Å². The van der Waals surface area contributed by atoms with E-state index in [1.807, 2.05) is 21.1 Å². The summed E-state index contributed by atoms with van der Waals surface area (Å²) in [6.45, 7) is 5.15. The number of likely N-dealkylation sites (N-methyl/N-ethyl adjacent to an activating group) is 1. The number of ether oxygens (including phenoxy) is 1. The Morgan fingerprint density at radius 3 is 1.57 bits per heavy atom. The maximum Gasteiger partial charge on any atom is 0.307 e. The van der Waals surface area contributed by atoms with Crippen molar-refractivity contribution in [1.29, 1.82) is 0 Å². The van der Waals surface area contributed by atoms with Gasteiger partial charge >= 0.3 is 11.9 Å². The first-order chi connectivity index (χ1) is 16.6. The van der Waals surface area contributed by atoms with Crippen LogP contribution in [0.4, 0.5) is 0 Å². The smallest absolute Gasteiger partial charge is 0.307 e. The van der Waals surface area contributed by atoms with E-state index in [-0.39, 0.29) is 12.4 Å². The van der Waals surface area contributed by atoms with Gasteiger partial charge in [0.1, 0.15) is 6.54 Å². The zero-order chi connectivity index (χ0) is 26.4. The van der Waals surface area contributed by atoms with Gasteiger partial charge in [-0.05, 0) is 12.3 Å². The van der Waals surface area contributed by atoms with Gasteiger partial charge in [-0.3, -0.25) is 9.59 Å². The summed E-state index contributed by atoms with van der Waals surface area (Å²) < 4.78 is 6.03. The first kappa shape index (κ1) is 33.9. The van der Waals surface area contributed by atoms with Crippen molar-refractivity contribution in [3.8, 4) is 0 Å². The van der Waals surface area contributed by atoms with E-state index in [9.17, 15) is 9.59 Å². The Labute approximate surface area is 218 Å². The van der Waals surface area contributed by atoms with Crippen molar-refractivity contribution in [2.45, 2.75) is 148 Å². The predicted octanol–water partition coefficient (Wildman–Crippen LogP) is 8.15. The second-order valence-electron chi connectivity index (χ2n) is 11.9. The van der Waals surface area contributed by atoms with Crippen LogP contribution in [0.3, 0.4) is 0 Å². The topological polar surface area (TPSA) is 63.6 Å². The van der Waals surface area contributed by atoms with Gasteiger partial charge < -0.3 is 14.3 Å². The first-order valence-electron chi connectivity index (χ1n) is 14.9. The van der Waals surface area contributed by atoms with E-state index in [0.29, 0.717) is 17.4 Å². The van der Waals surface area contributed by atoms with E-state index in [2.05, 4.69) is 13.8 Å². The number of esters is 1. The SMILES string of the molecule is CCCCCCCCCCCCCCCC(C)CCCCCC(=O)OC(CC(=O)O)C[N+](C)(C)C. The molecule has 0 aliphatic rings. The lowest BCUT2D eigenvalue weighted by Gasteiger charge is -2.28. The molecule has 0 amide bonds. The number of carbonyl (C=O) groups excluding carboxylic acids is 1. The molecule has 0 aromatic rings. The average Bonchev–Trinajstić information content (AvgIpc) is 2.75. The third kappa shape index (κ3) is 25.8. The fraction of sp³-hybridized carbons (Fsp3) is 0.933. The number of rotatable bonds is 25. The van der Waals surface area contributed by atoms with E-state index in [4.69, 9.17) is 9.84 Å². The maximum absolute atomic E-state index is 12.1. The molecule has 35 heavy (non-hydrogen) atoms. The monoisotopic (exact) mass is 498 g/mol. The molecule has 0 aliphatic heterocycles. The lowest BCUT2D eigenvalue weighted by atomic mass is 9.96. The normalized spacial score (nSPS) is 13.5. The minimum atomic E-state index is -0.922. The Kier molecular flexibility index (Phi) is 21.4. The number of hydrogen-bond donors (Lipinski definition) is 1. The van der Waals surface area contributed by atoms with Crippen molar-refractivity contribution in [2.75, 3.05) is 27.7 Å². The molecule has 5 nitrogen and oxygen atoms in total. The van der Waals surface area contributed by atoms with Gasteiger partial charge in [0.25, 0.3) is 0 Å². The summed E-state index contributed by atoms with van der Waals surface area (Å²) in [5.41, 5.74) is 0. The van der Waals surface area contributed by atoms with Crippen LogP contribution in [0, 0.1) is 5.92 Å². The maximum atomic E-state index is 12.1. The third-order valence-corrected chi connectivity index (χ3v) is 6.83. The van der Waals surface area contributed by atoms with Gasteiger partial charge in [0, 0.05) is 6.42 Å². The number of aliphatic carboxylic acids is 1. The Morgan fingerprint density at radius 1 is 0.714 bits per heavy atom. The summed E-state index contributed by atoms with van der Waals surface area (Å²) >= 11 is 0. The molecule has 0 aromatic heterocycles. The number of unbranched alkanes of at least 4 members (excludes halogenated alkanes) is 14. The fourth-order valence-electron chi connectivity index (χ4n) is 4.79. The van der Waals surface area contributed by atoms with E-state index in [0.717, 1.165) is 25.2 Å². The van der Waals surface area contributed by atoms with Crippen LogP contribution >= 0.6 is 0 Å². The van der Waals surface area contributed by atoms with Crippen LogP contribution in [0.1, 0.15) is 142 Å². The van der Waals surface area contributed by atoms with Crippen LogP contribution in [-0.4, -0.2) is 55.3 Å². The van der Waals surface area contributed by atoms with Gasteiger partial charge in [-0.25, -0.2) is 0 Å². The average molecular weight is 499 g/mol. The standard InChI is InChI=1S/C30H59NO4/c1-6-7-8-9-10-11-12-13-14-15-16-17-19-22-27(2)23-20-18-21-24-30(34)35-28(25-29(32)33)26-31(3,4)5/h27-28H,6-26H2,1-5H3/p+1. The molecule has 0 rings (SSSR count). The van der Waals surface area contributed by atoms with E-state index in [1.165, 1.54) is 96.3 Å². The number of carboxylic acids is 1. The molecule has 0 aliphatic carbocycles. The van der Waals surface area contributed by atoms with Crippen LogP contribution in [-0.2, 0) is 14.3 Å². The molecule has 0 radical (unpaired) electrons. The highest BCUT2D eigenvalue weighted by Gasteiger charge is 2.24. The molecule has 0 heterocycles. The lowest BCUT2D eigenvalue weighted by molar-refractivity contribution is -0.873. The Morgan fingerprint density at radius 2 is 1.14 bits per heavy atom. The van der Waals surface area contributed by atoms with Crippen molar-refractivity contribution < 1.29 is 23.9 Å². The molecule has 0 saturated heterocycles. The molecule has 2 unspecified atom stereocenters. The number of carbonyl (C=O) groups is 2. The summed E-state index contributed by atoms with van der Waals surface area (Å²) in [4.78, 5) is 23.2. The Hall–Kier alpha value is -1.10. The minimum Gasteiger partial charge on any atom is -0.481 e. The van der Waals surface area contributed by atoms with Crippen molar-refractivity contribution in [2.24, 2.45) is 5.92 Å². The third-order valence-electron chi connectivity index (χ3n) is 6.83. The van der Waals surface area contributed by atoms with Crippen molar-refractivity contribution in [3.63, 3.8) is 0 Å². The van der Waals surface area contributed by atoms with Crippen LogP contribution in [0.15, 0.2) is 0 Å². The quantitative estimate of drug-likeness (QED) is 0.0783. The van der Waals surface area contributed by atoms with Gasteiger partial charge in [0.05, 0.1) is 27.6 Å². The molecule has 0 saturated carbocycles. The second kappa shape index (κ2) is 22.1. The minimum absolute atomic E-state index is 0.127. The van der Waals surface area contributed by atoms with Gasteiger partial charge in [0.2, 0.25) is 0 Å². The lowest BCUT2D eigenvalue weighted by Crippen LogP contribution is -2.43. The molecule has 0 fully saturated rings.